The van der Waals surface area contributed by atoms with E-state index >= 15 is 0 Å². The number of benzene rings is 4. The highest BCUT2D eigenvalue weighted by atomic mass is 19.1. The molecule has 0 aliphatic heterocycles. The highest BCUT2D eigenvalue weighted by molar-refractivity contribution is 5.99. The van der Waals surface area contributed by atoms with Crippen LogP contribution >= 0.6 is 0 Å². The standard InChI is InChI=1S/C31H32FNO3/c1-20(2)36-31(34)26-16-25(17-27(32)18-26)30-15-22(14-24-8-5-6-11-29(24)30)12-13-33-21(3)23-9-7-10-28(19-23)35-4/h5-11,14-21,33H,12-13H2,1-4H3/t21-/m1/s1. The maximum Gasteiger partial charge on any atom is 0.338 e. The normalized spacial score (nSPS) is 12.1. The molecular weight excluding hydrogens is 453 g/mol. The molecule has 0 saturated carbocycles. The molecule has 4 aromatic carbocycles. The zero-order valence-corrected chi connectivity index (χ0v) is 21.2. The van der Waals surface area contributed by atoms with E-state index < -0.39 is 11.8 Å². The quantitative estimate of drug-likeness (QED) is 0.257. The van der Waals surface area contributed by atoms with E-state index in [1.807, 2.05) is 36.4 Å². The molecular formula is C31H32FNO3. The summed E-state index contributed by atoms with van der Waals surface area (Å²) in [4.78, 5) is 12.5. The van der Waals surface area contributed by atoms with Crippen LogP contribution in [0.15, 0.2) is 78.9 Å². The number of rotatable bonds is 9. The zero-order valence-electron chi connectivity index (χ0n) is 21.2. The number of hydrogen-bond acceptors (Lipinski definition) is 4. The van der Waals surface area contributed by atoms with Crippen molar-refractivity contribution in [3.63, 3.8) is 0 Å². The predicted octanol–water partition coefficient (Wildman–Crippen LogP) is 7.11. The first-order valence-electron chi connectivity index (χ1n) is 12.2. The van der Waals surface area contributed by atoms with Crippen molar-refractivity contribution in [2.24, 2.45) is 0 Å². The number of esters is 1. The van der Waals surface area contributed by atoms with Gasteiger partial charge in [-0.3, -0.25) is 0 Å². The second kappa shape index (κ2) is 11.4. The number of nitrogens with one attached hydrogen (secondary N) is 1. The summed E-state index contributed by atoms with van der Waals surface area (Å²) in [5.41, 5.74) is 4.05. The maximum absolute atomic E-state index is 14.6. The molecule has 1 atom stereocenters. The molecule has 4 nitrogen and oxygen atoms in total. The van der Waals surface area contributed by atoms with Crippen LogP contribution in [0.3, 0.4) is 0 Å². The van der Waals surface area contributed by atoms with Gasteiger partial charge in [-0.2, -0.15) is 0 Å². The molecule has 0 aliphatic rings. The molecule has 0 heterocycles. The maximum atomic E-state index is 14.6. The molecule has 0 unspecified atom stereocenters. The van der Waals surface area contributed by atoms with Gasteiger partial charge in [-0.05, 0) is 97.1 Å². The Hall–Kier alpha value is -3.70. The Morgan fingerprint density at radius 1 is 0.944 bits per heavy atom. The van der Waals surface area contributed by atoms with E-state index in [0.29, 0.717) is 5.56 Å². The summed E-state index contributed by atoms with van der Waals surface area (Å²) in [5, 5.41) is 5.66. The van der Waals surface area contributed by atoms with Gasteiger partial charge in [0.2, 0.25) is 0 Å². The highest BCUT2D eigenvalue weighted by Gasteiger charge is 2.15. The van der Waals surface area contributed by atoms with E-state index in [0.717, 1.165) is 46.2 Å². The third kappa shape index (κ3) is 6.10. The minimum atomic E-state index is -0.526. The van der Waals surface area contributed by atoms with Crippen molar-refractivity contribution >= 4 is 16.7 Å². The monoisotopic (exact) mass is 485 g/mol. The summed E-state index contributed by atoms with van der Waals surface area (Å²) in [6.45, 7) is 6.45. The second-order valence-corrected chi connectivity index (χ2v) is 9.25. The van der Waals surface area contributed by atoms with Gasteiger partial charge in [-0.15, -0.1) is 0 Å². The average Bonchev–Trinajstić information content (AvgIpc) is 2.87. The Balaban J connectivity index is 1.60. The van der Waals surface area contributed by atoms with Crippen LogP contribution in [0.4, 0.5) is 4.39 Å². The number of carbonyl (C=O) groups is 1. The number of halogens is 1. The van der Waals surface area contributed by atoms with Gasteiger partial charge in [0.1, 0.15) is 11.6 Å². The van der Waals surface area contributed by atoms with Crippen LogP contribution in [0, 0.1) is 5.82 Å². The Kier molecular flexibility index (Phi) is 8.01. The molecule has 4 aromatic rings. The molecule has 0 radical (unpaired) electrons. The Bertz CT molecular complexity index is 1370. The van der Waals surface area contributed by atoms with Crippen molar-refractivity contribution in [1.82, 2.24) is 5.32 Å². The molecule has 0 saturated heterocycles. The first kappa shape index (κ1) is 25.4. The van der Waals surface area contributed by atoms with Crippen molar-refractivity contribution in [3.05, 3.63) is 101 Å². The van der Waals surface area contributed by atoms with Crippen LogP contribution < -0.4 is 10.1 Å². The van der Waals surface area contributed by atoms with Crippen LogP contribution in [0.1, 0.15) is 48.3 Å². The van der Waals surface area contributed by atoms with E-state index in [2.05, 4.69) is 36.5 Å². The summed E-state index contributed by atoms with van der Waals surface area (Å²) in [7, 11) is 1.67. The first-order valence-corrected chi connectivity index (χ1v) is 12.2. The third-order valence-corrected chi connectivity index (χ3v) is 6.17. The van der Waals surface area contributed by atoms with Gasteiger partial charge >= 0.3 is 5.97 Å². The van der Waals surface area contributed by atoms with Gasteiger partial charge < -0.3 is 14.8 Å². The lowest BCUT2D eigenvalue weighted by Gasteiger charge is -2.16. The molecule has 0 amide bonds. The third-order valence-electron chi connectivity index (χ3n) is 6.17. The van der Waals surface area contributed by atoms with Crippen molar-refractivity contribution < 1.29 is 18.7 Å². The molecule has 5 heteroatoms. The minimum absolute atomic E-state index is 0.165. The summed E-state index contributed by atoms with van der Waals surface area (Å²) in [6.07, 6.45) is 0.518. The topological polar surface area (TPSA) is 47.6 Å². The first-order chi connectivity index (χ1) is 17.3. The number of hydrogen-bond donors (Lipinski definition) is 1. The Labute approximate surface area is 212 Å². The largest absolute Gasteiger partial charge is 0.497 e. The van der Waals surface area contributed by atoms with Crippen molar-refractivity contribution in [3.8, 4) is 16.9 Å². The van der Waals surface area contributed by atoms with Crippen LogP contribution in [0.2, 0.25) is 0 Å². The number of ether oxygens (including phenoxy) is 2. The van der Waals surface area contributed by atoms with Crippen LogP contribution in [0.5, 0.6) is 5.75 Å². The number of carbonyl (C=O) groups excluding carboxylic acids is 1. The molecule has 0 spiro atoms. The van der Waals surface area contributed by atoms with Gasteiger partial charge in [0.15, 0.2) is 0 Å². The number of methoxy groups -OCH3 is 1. The molecule has 186 valence electrons. The van der Waals surface area contributed by atoms with Crippen LogP contribution in [0.25, 0.3) is 21.9 Å². The van der Waals surface area contributed by atoms with Crippen molar-refractivity contribution in [1.29, 1.82) is 0 Å². The van der Waals surface area contributed by atoms with Crippen LogP contribution in [-0.2, 0) is 11.2 Å². The van der Waals surface area contributed by atoms with Gasteiger partial charge in [-0.1, -0.05) is 48.5 Å². The molecule has 0 bridgehead atoms. The highest BCUT2D eigenvalue weighted by Crippen LogP contribution is 2.32. The summed E-state index contributed by atoms with van der Waals surface area (Å²) < 4.78 is 25.2. The Morgan fingerprint density at radius 3 is 2.53 bits per heavy atom. The van der Waals surface area contributed by atoms with Gasteiger partial charge in [-0.25, -0.2) is 9.18 Å². The lowest BCUT2D eigenvalue weighted by molar-refractivity contribution is 0.0377. The van der Waals surface area contributed by atoms with Gasteiger partial charge in [0.05, 0.1) is 18.8 Å². The fourth-order valence-electron chi connectivity index (χ4n) is 4.36. The molecule has 0 aliphatic carbocycles. The lowest BCUT2D eigenvalue weighted by atomic mass is 9.93. The fourth-order valence-corrected chi connectivity index (χ4v) is 4.36. The van der Waals surface area contributed by atoms with Crippen molar-refractivity contribution in [2.45, 2.75) is 39.3 Å². The predicted molar refractivity (Wildman–Crippen MR) is 143 cm³/mol. The Morgan fingerprint density at radius 2 is 1.75 bits per heavy atom. The second-order valence-electron chi connectivity index (χ2n) is 9.25. The summed E-state index contributed by atoms with van der Waals surface area (Å²) >= 11 is 0. The SMILES string of the molecule is COc1cccc([C@@H](C)NCCc2cc(-c3cc(F)cc(C(=O)OC(C)C)c3)c3ccccc3c2)c1. The minimum Gasteiger partial charge on any atom is -0.497 e. The molecule has 4 rings (SSSR count). The average molecular weight is 486 g/mol. The van der Waals surface area contributed by atoms with Gasteiger partial charge in [0.25, 0.3) is 0 Å². The zero-order chi connectivity index (χ0) is 25.7. The molecule has 36 heavy (non-hydrogen) atoms. The van der Waals surface area contributed by atoms with E-state index in [1.165, 1.54) is 12.1 Å². The molecule has 1 N–H and O–H groups in total. The summed E-state index contributed by atoms with van der Waals surface area (Å²) in [5.74, 6) is -0.152. The van der Waals surface area contributed by atoms with E-state index in [9.17, 15) is 9.18 Å². The number of fused-ring (bicyclic) bond motifs is 1. The lowest BCUT2D eigenvalue weighted by Crippen LogP contribution is -2.21. The van der Waals surface area contributed by atoms with E-state index in [-0.39, 0.29) is 17.7 Å². The van der Waals surface area contributed by atoms with Crippen LogP contribution in [-0.4, -0.2) is 25.7 Å². The smallest absolute Gasteiger partial charge is 0.338 e. The van der Waals surface area contributed by atoms with E-state index in [4.69, 9.17) is 9.47 Å². The summed E-state index contributed by atoms with van der Waals surface area (Å²) in [6, 6.07) is 24.9. The van der Waals surface area contributed by atoms with Crippen molar-refractivity contribution in [2.75, 3.05) is 13.7 Å². The molecule has 0 fully saturated rings. The van der Waals surface area contributed by atoms with E-state index in [1.54, 1.807) is 27.0 Å². The fraction of sp³-hybridized carbons (Fsp3) is 0.258. The molecule has 0 aromatic heterocycles. The van der Waals surface area contributed by atoms with Gasteiger partial charge in [0, 0.05) is 6.04 Å².